The maximum absolute atomic E-state index is 11.7. The lowest BCUT2D eigenvalue weighted by Gasteiger charge is -2.26. The van der Waals surface area contributed by atoms with Crippen LogP contribution in [0.4, 0.5) is 5.69 Å². The summed E-state index contributed by atoms with van der Waals surface area (Å²) in [6, 6.07) is 3.12. The average molecular weight is 235 g/mol. The summed E-state index contributed by atoms with van der Waals surface area (Å²) in [6.07, 6.45) is 2.22. The monoisotopic (exact) mass is 235 g/mol. The Morgan fingerprint density at radius 3 is 2.88 bits per heavy atom. The predicted molar refractivity (Wildman–Crippen MR) is 66.0 cm³/mol. The summed E-state index contributed by atoms with van der Waals surface area (Å²) >= 11 is 0. The lowest BCUT2D eigenvalue weighted by molar-refractivity contribution is -0.117. The smallest absolute Gasteiger partial charge is 0.250 e. The van der Waals surface area contributed by atoms with Crippen molar-refractivity contribution in [2.75, 3.05) is 18.4 Å². The van der Waals surface area contributed by atoms with Gasteiger partial charge in [-0.1, -0.05) is 0 Å². The van der Waals surface area contributed by atoms with Crippen LogP contribution in [-0.2, 0) is 11.3 Å². The van der Waals surface area contributed by atoms with Crippen LogP contribution in [0.3, 0.4) is 0 Å². The molecule has 17 heavy (non-hydrogen) atoms. The predicted octanol–water partition coefficient (Wildman–Crippen LogP) is 0.416. The molecule has 1 aliphatic rings. The molecule has 0 bridgehead atoms. The molecule has 1 fully saturated rings. The molecule has 5 heteroatoms. The zero-order valence-corrected chi connectivity index (χ0v) is 9.90. The molecule has 0 spiro atoms. The van der Waals surface area contributed by atoms with Gasteiger partial charge < -0.3 is 15.2 Å². The van der Waals surface area contributed by atoms with Crippen LogP contribution >= 0.6 is 0 Å². The third-order valence-electron chi connectivity index (χ3n) is 2.95. The second-order valence-electron chi connectivity index (χ2n) is 4.32. The molecular weight excluding hydrogens is 218 g/mol. The van der Waals surface area contributed by atoms with Crippen LogP contribution in [-0.4, -0.2) is 23.6 Å². The summed E-state index contributed by atoms with van der Waals surface area (Å²) in [4.78, 5) is 23.0. The number of aryl methyl sites for hydroxylation is 1. The van der Waals surface area contributed by atoms with Gasteiger partial charge in [0.15, 0.2) is 0 Å². The third kappa shape index (κ3) is 2.94. The van der Waals surface area contributed by atoms with E-state index in [4.69, 9.17) is 0 Å². The molecule has 2 heterocycles. The number of carbonyl (C=O) groups excluding carboxylic acids is 1. The van der Waals surface area contributed by atoms with Gasteiger partial charge in [0.25, 0.3) is 5.56 Å². The fourth-order valence-electron chi connectivity index (χ4n) is 1.82. The number of rotatable bonds is 4. The number of nitrogens with zero attached hydrogens (tertiary/aromatic N) is 1. The molecule has 0 unspecified atom stereocenters. The van der Waals surface area contributed by atoms with Gasteiger partial charge in [-0.25, -0.2) is 0 Å². The van der Waals surface area contributed by atoms with Crippen LogP contribution in [0.25, 0.3) is 0 Å². The molecule has 1 amide bonds. The highest BCUT2D eigenvalue weighted by atomic mass is 16.1. The van der Waals surface area contributed by atoms with Crippen LogP contribution in [0, 0.1) is 5.92 Å². The van der Waals surface area contributed by atoms with Gasteiger partial charge in [-0.05, 0) is 32.0 Å². The fourth-order valence-corrected chi connectivity index (χ4v) is 1.82. The van der Waals surface area contributed by atoms with E-state index in [1.165, 1.54) is 6.07 Å². The summed E-state index contributed by atoms with van der Waals surface area (Å²) in [5, 5.41) is 5.95. The Bertz CT molecular complexity index is 463. The van der Waals surface area contributed by atoms with Crippen molar-refractivity contribution >= 4 is 11.6 Å². The molecule has 1 saturated heterocycles. The van der Waals surface area contributed by atoms with Crippen molar-refractivity contribution in [2.24, 2.45) is 5.92 Å². The Morgan fingerprint density at radius 2 is 2.29 bits per heavy atom. The normalized spacial score (nSPS) is 15.4. The summed E-state index contributed by atoms with van der Waals surface area (Å²) in [6.45, 7) is 4.34. The van der Waals surface area contributed by atoms with Crippen molar-refractivity contribution in [3.8, 4) is 0 Å². The second-order valence-corrected chi connectivity index (χ2v) is 4.32. The number of pyridine rings is 1. The Labute approximate surface area is 99.8 Å². The van der Waals surface area contributed by atoms with Gasteiger partial charge in [-0.3, -0.25) is 9.59 Å². The lowest BCUT2D eigenvalue weighted by atomic mass is 9.99. The van der Waals surface area contributed by atoms with Crippen LogP contribution < -0.4 is 16.2 Å². The molecule has 0 atom stereocenters. The van der Waals surface area contributed by atoms with Gasteiger partial charge in [0.05, 0.1) is 5.69 Å². The van der Waals surface area contributed by atoms with Gasteiger partial charge in [-0.2, -0.15) is 0 Å². The first-order valence-electron chi connectivity index (χ1n) is 5.90. The van der Waals surface area contributed by atoms with Crippen molar-refractivity contribution in [2.45, 2.75) is 19.9 Å². The summed E-state index contributed by atoms with van der Waals surface area (Å²) in [7, 11) is 0. The Balaban J connectivity index is 1.97. The van der Waals surface area contributed by atoms with Crippen LogP contribution in [0.5, 0.6) is 0 Å². The van der Waals surface area contributed by atoms with E-state index in [-0.39, 0.29) is 11.5 Å². The number of amides is 1. The first-order valence-corrected chi connectivity index (χ1v) is 5.90. The van der Waals surface area contributed by atoms with E-state index in [1.807, 2.05) is 6.92 Å². The van der Waals surface area contributed by atoms with Crippen LogP contribution in [0.2, 0.25) is 0 Å². The molecule has 2 N–H and O–H groups in total. The van der Waals surface area contributed by atoms with E-state index in [9.17, 15) is 9.59 Å². The molecule has 1 aromatic heterocycles. The van der Waals surface area contributed by atoms with Gasteiger partial charge in [0, 0.05) is 25.2 Å². The van der Waals surface area contributed by atoms with E-state index in [0.29, 0.717) is 24.6 Å². The Morgan fingerprint density at radius 1 is 1.53 bits per heavy atom. The minimum atomic E-state index is -0.0475. The number of nitrogens with one attached hydrogen (secondary N) is 2. The first-order chi connectivity index (χ1) is 8.19. The highest BCUT2D eigenvalue weighted by Gasteiger charge is 2.20. The number of hydrogen-bond acceptors (Lipinski definition) is 3. The van der Waals surface area contributed by atoms with Crippen molar-refractivity contribution in [3.63, 3.8) is 0 Å². The summed E-state index contributed by atoms with van der Waals surface area (Å²) < 4.78 is 1.57. The van der Waals surface area contributed by atoms with Crippen molar-refractivity contribution in [3.05, 3.63) is 28.7 Å². The molecule has 1 aliphatic heterocycles. The second kappa shape index (κ2) is 5.14. The highest BCUT2D eigenvalue weighted by molar-refractivity contribution is 5.90. The maximum Gasteiger partial charge on any atom is 0.250 e. The fraction of sp³-hybridized carbons (Fsp3) is 0.500. The third-order valence-corrected chi connectivity index (χ3v) is 2.95. The van der Waals surface area contributed by atoms with Crippen molar-refractivity contribution < 1.29 is 4.79 Å². The molecule has 92 valence electrons. The Kier molecular flexibility index (Phi) is 3.58. The van der Waals surface area contributed by atoms with Crippen LogP contribution in [0.1, 0.15) is 13.3 Å². The first kappa shape index (κ1) is 11.9. The lowest BCUT2D eigenvalue weighted by Crippen LogP contribution is -2.43. The molecule has 5 nitrogen and oxygen atoms in total. The number of aromatic nitrogens is 1. The van der Waals surface area contributed by atoms with E-state index >= 15 is 0 Å². The average Bonchev–Trinajstić information content (AvgIpc) is 2.26. The topological polar surface area (TPSA) is 63.1 Å². The van der Waals surface area contributed by atoms with E-state index in [2.05, 4.69) is 10.6 Å². The molecule has 2 rings (SSSR count). The van der Waals surface area contributed by atoms with E-state index < -0.39 is 0 Å². The molecule has 0 aromatic carbocycles. The van der Waals surface area contributed by atoms with Gasteiger partial charge in [-0.15, -0.1) is 0 Å². The number of anilines is 1. The number of hydrogen-bond donors (Lipinski definition) is 2. The minimum absolute atomic E-state index is 0.0119. The number of carbonyl (C=O) groups is 1. The van der Waals surface area contributed by atoms with E-state index in [1.54, 1.807) is 16.8 Å². The van der Waals surface area contributed by atoms with Gasteiger partial charge >= 0.3 is 0 Å². The molecular formula is C12H17N3O2. The standard InChI is InChI=1S/C12H17N3O2/c1-2-15-8-10(3-4-12(15)17)14-11(16)5-9-6-13-7-9/h3-4,8-9,13H,2,5-7H2,1H3,(H,14,16). The minimum Gasteiger partial charge on any atom is -0.325 e. The highest BCUT2D eigenvalue weighted by Crippen LogP contribution is 2.10. The van der Waals surface area contributed by atoms with Gasteiger partial charge in [0.2, 0.25) is 5.91 Å². The summed E-state index contributed by atoms with van der Waals surface area (Å²) in [5.74, 6) is 0.463. The van der Waals surface area contributed by atoms with Gasteiger partial charge in [0.1, 0.15) is 0 Å². The largest absolute Gasteiger partial charge is 0.325 e. The Hall–Kier alpha value is -1.62. The SMILES string of the molecule is CCn1cc(NC(=O)CC2CNC2)ccc1=O. The van der Waals surface area contributed by atoms with Crippen molar-refractivity contribution in [1.29, 1.82) is 0 Å². The molecule has 0 radical (unpaired) electrons. The molecule has 1 aromatic rings. The quantitative estimate of drug-likeness (QED) is 0.795. The summed E-state index contributed by atoms with van der Waals surface area (Å²) in [5.41, 5.74) is 0.637. The van der Waals surface area contributed by atoms with E-state index in [0.717, 1.165) is 13.1 Å². The molecule has 0 aliphatic carbocycles. The van der Waals surface area contributed by atoms with Crippen LogP contribution in [0.15, 0.2) is 23.1 Å². The van der Waals surface area contributed by atoms with Crippen molar-refractivity contribution in [1.82, 2.24) is 9.88 Å². The zero-order chi connectivity index (χ0) is 12.3. The maximum atomic E-state index is 11.7. The molecule has 0 saturated carbocycles. The zero-order valence-electron chi connectivity index (χ0n) is 9.90.